The molecule has 0 aromatic heterocycles. The second kappa shape index (κ2) is 14.7. The molecule has 0 atom stereocenters. The molecular formula is C52H30F6N2. The van der Waals surface area contributed by atoms with Gasteiger partial charge in [-0.05, 0) is 129 Å². The summed E-state index contributed by atoms with van der Waals surface area (Å²) in [5.41, 5.74) is 3.79. The van der Waals surface area contributed by atoms with Gasteiger partial charge >= 0.3 is 0 Å². The van der Waals surface area contributed by atoms with Crippen molar-refractivity contribution >= 4 is 66.4 Å². The van der Waals surface area contributed by atoms with Crippen LogP contribution in [0.15, 0.2) is 182 Å². The lowest BCUT2D eigenvalue weighted by Crippen LogP contribution is -2.15. The normalized spacial score (nSPS) is 11.5. The van der Waals surface area contributed by atoms with E-state index in [0.717, 1.165) is 10.8 Å². The third-order valence-electron chi connectivity index (χ3n) is 11.0. The number of para-hydroxylation sites is 2. The molecule has 290 valence electrons. The average Bonchev–Trinajstić information content (AvgIpc) is 3.26. The smallest absolute Gasteiger partial charge is 0.147 e. The number of benzene rings is 10. The van der Waals surface area contributed by atoms with Crippen molar-refractivity contribution in [1.82, 2.24) is 0 Å². The predicted molar refractivity (Wildman–Crippen MR) is 230 cm³/mol. The molecule has 0 saturated carbocycles. The van der Waals surface area contributed by atoms with Crippen molar-refractivity contribution in [2.75, 3.05) is 9.80 Å². The van der Waals surface area contributed by atoms with Crippen LogP contribution in [-0.4, -0.2) is 0 Å². The van der Waals surface area contributed by atoms with E-state index in [2.05, 4.69) is 0 Å². The second-order valence-corrected chi connectivity index (χ2v) is 14.5. The fraction of sp³-hybridized carbons (Fsp3) is 0. The molecule has 8 heteroatoms. The summed E-state index contributed by atoms with van der Waals surface area (Å²) in [5, 5.41) is 4.29. The minimum atomic E-state index is -0.609. The summed E-state index contributed by atoms with van der Waals surface area (Å²) < 4.78 is 92.6. The average molecular weight is 797 g/mol. The molecule has 0 amide bonds. The third kappa shape index (κ3) is 6.25. The lowest BCUT2D eigenvalue weighted by molar-refractivity contribution is 0.619. The number of hydrogen-bond donors (Lipinski definition) is 0. The molecule has 0 radical (unpaired) electrons. The Labute approximate surface area is 340 Å². The highest BCUT2D eigenvalue weighted by atomic mass is 19.1. The summed E-state index contributed by atoms with van der Waals surface area (Å²) in [7, 11) is 0. The Kier molecular flexibility index (Phi) is 8.98. The minimum Gasteiger partial charge on any atom is -0.304 e. The van der Waals surface area contributed by atoms with Crippen molar-refractivity contribution < 1.29 is 26.3 Å². The molecule has 0 bridgehead atoms. The summed E-state index contributed by atoms with van der Waals surface area (Å²) in [6, 6.07) is 48.0. The van der Waals surface area contributed by atoms with Gasteiger partial charge in [0.1, 0.15) is 34.9 Å². The summed E-state index contributed by atoms with van der Waals surface area (Å²) in [6.07, 6.45) is 0. The zero-order valence-corrected chi connectivity index (χ0v) is 31.5. The molecule has 0 N–H and O–H groups in total. The summed E-state index contributed by atoms with van der Waals surface area (Å²) in [5.74, 6) is -3.20. The molecular weight excluding hydrogens is 767 g/mol. The summed E-state index contributed by atoms with van der Waals surface area (Å²) >= 11 is 0. The van der Waals surface area contributed by atoms with Gasteiger partial charge in [0.2, 0.25) is 0 Å². The minimum absolute atomic E-state index is 0.0691. The first-order chi connectivity index (χ1) is 29.2. The van der Waals surface area contributed by atoms with E-state index in [4.69, 9.17) is 0 Å². The van der Waals surface area contributed by atoms with Gasteiger partial charge in [0.05, 0.1) is 34.1 Å². The van der Waals surface area contributed by atoms with Crippen molar-refractivity contribution in [2.24, 2.45) is 0 Å². The van der Waals surface area contributed by atoms with Gasteiger partial charge in [0, 0.05) is 10.8 Å². The highest BCUT2D eigenvalue weighted by molar-refractivity contribution is 6.29. The largest absolute Gasteiger partial charge is 0.304 e. The van der Waals surface area contributed by atoms with Gasteiger partial charge in [-0.2, -0.15) is 0 Å². The van der Waals surface area contributed by atoms with Crippen LogP contribution in [0, 0.1) is 34.9 Å². The number of rotatable bonds is 8. The van der Waals surface area contributed by atoms with Crippen LogP contribution < -0.4 is 9.80 Å². The molecule has 0 spiro atoms. The number of hydrogen-bond acceptors (Lipinski definition) is 2. The van der Waals surface area contributed by atoms with E-state index in [1.54, 1.807) is 94.7 Å². The molecule has 0 unspecified atom stereocenters. The van der Waals surface area contributed by atoms with Crippen molar-refractivity contribution in [3.63, 3.8) is 0 Å². The Morgan fingerprint density at radius 2 is 0.633 bits per heavy atom. The van der Waals surface area contributed by atoms with Crippen LogP contribution in [0.25, 0.3) is 54.6 Å². The molecule has 0 heterocycles. The third-order valence-corrected chi connectivity index (χ3v) is 11.0. The first-order valence-corrected chi connectivity index (χ1v) is 19.1. The van der Waals surface area contributed by atoms with Gasteiger partial charge in [-0.3, -0.25) is 0 Å². The summed E-state index contributed by atoms with van der Waals surface area (Å²) in [6.45, 7) is 0. The van der Waals surface area contributed by atoms with Gasteiger partial charge in [-0.25, -0.2) is 26.3 Å². The van der Waals surface area contributed by atoms with Crippen LogP contribution in [-0.2, 0) is 0 Å². The van der Waals surface area contributed by atoms with Crippen LogP contribution in [0.3, 0.4) is 0 Å². The molecule has 60 heavy (non-hydrogen) atoms. The number of anilines is 6. The van der Waals surface area contributed by atoms with Crippen molar-refractivity contribution in [3.8, 4) is 22.3 Å². The van der Waals surface area contributed by atoms with E-state index in [-0.39, 0.29) is 22.7 Å². The standard InChI is InChI=1S/C52H30F6N2/c53-37-21-15-31(16-22-37)33-19-25-43(57)49(27-33)59(45-13-3-1-11-41(45)55)47-29-35-7-6-10-40-48(30-36-8-5-9-39(47)51(36)52(35)40)60(46-14-4-2-12-42(46)56)50-28-34(20-26-44(50)58)32-17-23-38(54)24-18-32/h1-30H. The van der Waals surface area contributed by atoms with Crippen molar-refractivity contribution in [3.05, 3.63) is 217 Å². The molecule has 0 aliphatic heterocycles. The second-order valence-electron chi connectivity index (χ2n) is 14.5. The van der Waals surface area contributed by atoms with Crippen LogP contribution in [0.4, 0.5) is 60.5 Å². The molecule has 10 aromatic rings. The van der Waals surface area contributed by atoms with Gasteiger partial charge in [0.15, 0.2) is 0 Å². The first-order valence-electron chi connectivity index (χ1n) is 19.1. The Balaban J connectivity index is 1.24. The molecule has 0 aliphatic carbocycles. The zero-order valence-electron chi connectivity index (χ0n) is 31.5. The van der Waals surface area contributed by atoms with Crippen molar-refractivity contribution in [1.29, 1.82) is 0 Å². The van der Waals surface area contributed by atoms with Crippen LogP contribution >= 0.6 is 0 Å². The fourth-order valence-electron chi connectivity index (χ4n) is 8.24. The maximum atomic E-state index is 16.3. The fourth-order valence-corrected chi connectivity index (χ4v) is 8.24. The number of halogens is 6. The molecule has 2 nitrogen and oxygen atoms in total. The lowest BCUT2D eigenvalue weighted by atomic mass is 9.90. The van der Waals surface area contributed by atoms with E-state index in [0.29, 0.717) is 55.2 Å². The Bertz CT molecular complexity index is 3020. The zero-order chi connectivity index (χ0) is 41.1. The lowest BCUT2D eigenvalue weighted by Gasteiger charge is -2.31. The molecule has 0 saturated heterocycles. The van der Waals surface area contributed by atoms with Crippen LogP contribution in [0.2, 0.25) is 0 Å². The Hall–Kier alpha value is -7.58. The first kappa shape index (κ1) is 36.7. The quantitative estimate of drug-likeness (QED) is 0.112. The maximum absolute atomic E-state index is 16.3. The Morgan fingerprint density at radius 3 is 1.03 bits per heavy atom. The molecule has 10 aromatic carbocycles. The van der Waals surface area contributed by atoms with E-state index in [1.165, 1.54) is 48.5 Å². The van der Waals surface area contributed by atoms with Crippen molar-refractivity contribution in [2.45, 2.75) is 0 Å². The van der Waals surface area contributed by atoms with Gasteiger partial charge in [-0.1, -0.05) is 97.1 Å². The van der Waals surface area contributed by atoms with E-state index < -0.39 is 34.9 Å². The van der Waals surface area contributed by atoms with Gasteiger partial charge < -0.3 is 9.80 Å². The van der Waals surface area contributed by atoms with Gasteiger partial charge in [-0.15, -0.1) is 0 Å². The van der Waals surface area contributed by atoms with Crippen LogP contribution in [0.1, 0.15) is 0 Å². The topological polar surface area (TPSA) is 6.48 Å². The van der Waals surface area contributed by atoms with E-state index in [1.807, 2.05) is 48.5 Å². The Morgan fingerprint density at radius 1 is 0.267 bits per heavy atom. The molecule has 10 rings (SSSR count). The van der Waals surface area contributed by atoms with E-state index >= 15 is 17.6 Å². The maximum Gasteiger partial charge on any atom is 0.147 e. The predicted octanol–water partition coefficient (Wildman–Crippen LogP) is 15.7. The highest BCUT2D eigenvalue weighted by Gasteiger charge is 2.27. The monoisotopic (exact) mass is 796 g/mol. The molecule has 0 aliphatic rings. The molecule has 0 fully saturated rings. The number of nitrogens with zero attached hydrogens (tertiary/aromatic N) is 2. The SMILES string of the molecule is Fc1ccc(-c2ccc(F)c(N(c3ccccc3F)c3cc4cccc5c(N(c6ccccc6F)c6cc(-c7ccc(F)cc7)ccc6F)cc6cccc3c6c45)c2)cc1. The van der Waals surface area contributed by atoms with E-state index in [9.17, 15) is 8.78 Å². The highest BCUT2D eigenvalue weighted by Crippen LogP contribution is 2.50. The van der Waals surface area contributed by atoms with Gasteiger partial charge in [0.25, 0.3) is 0 Å². The van der Waals surface area contributed by atoms with Crippen LogP contribution in [0.5, 0.6) is 0 Å². The summed E-state index contributed by atoms with van der Waals surface area (Å²) in [4.78, 5) is 3.12.